The largest absolute Gasteiger partial charge is 0.377 e. The van der Waals surface area contributed by atoms with E-state index in [0.29, 0.717) is 12.0 Å². The third-order valence-corrected chi connectivity index (χ3v) is 4.85. The van der Waals surface area contributed by atoms with Gasteiger partial charge in [-0.15, -0.1) is 0 Å². The van der Waals surface area contributed by atoms with Gasteiger partial charge in [-0.25, -0.2) is 0 Å². The molecule has 0 aromatic heterocycles. The smallest absolute Gasteiger partial charge is 0.0631 e. The molecule has 1 heteroatoms. The molecule has 0 amide bonds. The van der Waals surface area contributed by atoms with Gasteiger partial charge in [-0.3, -0.25) is 0 Å². The highest BCUT2D eigenvalue weighted by molar-refractivity contribution is 4.82. The van der Waals surface area contributed by atoms with E-state index in [4.69, 9.17) is 4.74 Å². The summed E-state index contributed by atoms with van der Waals surface area (Å²) in [6, 6.07) is 0. The second-order valence-electron chi connectivity index (χ2n) is 6.99. The quantitative estimate of drug-likeness (QED) is 0.654. The third-order valence-electron chi connectivity index (χ3n) is 4.85. The lowest BCUT2D eigenvalue weighted by Gasteiger charge is -2.38. The molecule has 2 aliphatic carbocycles. The Hall–Kier alpha value is -0.0400. The van der Waals surface area contributed by atoms with E-state index in [0.717, 1.165) is 18.4 Å². The Balaban J connectivity index is 1.91. The fourth-order valence-corrected chi connectivity index (χ4v) is 3.89. The fourth-order valence-electron chi connectivity index (χ4n) is 3.89. The lowest BCUT2D eigenvalue weighted by atomic mass is 9.75. The van der Waals surface area contributed by atoms with Gasteiger partial charge in [0.1, 0.15) is 0 Å². The standard InChI is InChI=1S/C17H32O/c1-14(2)13-18-17(15-9-5-3-6-10-15)16-11-7-4-8-12-16/h14-17H,3-13H2,1-2H3. The highest BCUT2D eigenvalue weighted by Gasteiger charge is 2.32. The van der Waals surface area contributed by atoms with Crippen LogP contribution in [0.25, 0.3) is 0 Å². The first-order chi connectivity index (χ1) is 8.77. The first kappa shape index (κ1) is 14.4. The maximum absolute atomic E-state index is 6.38. The van der Waals surface area contributed by atoms with Gasteiger partial charge < -0.3 is 4.74 Å². The Labute approximate surface area is 114 Å². The lowest BCUT2D eigenvalue weighted by Crippen LogP contribution is -2.35. The predicted octanol–water partition coefficient (Wildman–Crippen LogP) is 5.19. The van der Waals surface area contributed by atoms with Gasteiger partial charge in [-0.05, 0) is 43.4 Å². The summed E-state index contributed by atoms with van der Waals surface area (Å²) >= 11 is 0. The zero-order valence-corrected chi connectivity index (χ0v) is 12.5. The van der Waals surface area contributed by atoms with Crippen molar-refractivity contribution >= 4 is 0 Å². The average Bonchev–Trinajstić information content (AvgIpc) is 2.41. The summed E-state index contributed by atoms with van der Waals surface area (Å²) in [5.41, 5.74) is 0. The Morgan fingerprint density at radius 3 is 1.61 bits per heavy atom. The normalized spacial score (nSPS) is 24.0. The first-order valence-corrected chi connectivity index (χ1v) is 8.39. The minimum Gasteiger partial charge on any atom is -0.377 e. The zero-order chi connectivity index (χ0) is 12.8. The fraction of sp³-hybridized carbons (Fsp3) is 1.00. The summed E-state index contributed by atoms with van der Waals surface area (Å²) in [5.74, 6) is 2.43. The van der Waals surface area contributed by atoms with E-state index < -0.39 is 0 Å². The molecule has 2 saturated carbocycles. The molecule has 1 nitrogen and oxygen atoms in total. The molecule has 0 spiro atoms. The van der Waals surface area contributed by atoms with E-state index in [2.05, 4.69) is 13.8 Å². The van der Waals surface area contributed by atoms with Crippen molar-refractivity contribution in [3.05, 3.63) is 0 Å². The molecule has 0 aliphatic heterocycles. The van der Waals surface area contributed by atoms with Gasteiger partial charge in [0, 0.05) is 6.61 Å². The lowest BCUT2D eigenvalue weighted by molar-refractivity contribution is -0.0558. The van der Waals surface area contributed by atoms with Crippen molar-refractivity contribution in [1.82, 2.24) is 0 Å². The van der Waals surface area contributed by atoms with Crippen LogP contribution in [-0.2, 0) is 4.74 Å². The summed E-state index contributed by atoms with van der Waals surface area (Å²) < 4.78 is 6.38. The van der Waals surface area contributed by atoms with Crippen molar-refractivity contribution in [2.75, 3.05) is 6.61 Å². The number of ether oxygens (including phenoxy) is 1. The Morgan fingerprint density at radius 1 is 0.778 bits per heavy atom. The molecule has 2 rings (SSSR count). The van der Waals surface area contributed by atoms with Gasteiger partial charge >= 0.3 is 0 Å². The van der Waals surface area contributed by atoms with Gasteiger partial charge in [0.2, 0.25) is 0 Å². The summed E-state index contributed by atoms with van der Waals surface area (Å²) in [6.07, 6.45) is 15.0. The maximum atomic E-state index is 6.38. The molecular weight excluding hydrogens is 220 g/mol. The van der Waals surface area contributed by atoms with Gasteiger partial charge in [0.05, 0.1) is 6.10 Å². The van der Waals surface area contributed by atoms with Crippen LogP contribution in [0, 0.1) is 17.8 Å². The summed E-state index contributed by atoms with van der Waals surface area (Å²) in [5, 5.41) is 0. The van der Waals surface area contributed by atoms with Crippen LogP contribution >= 0.6 is 0 Å². The van der Waals surface area contributed by atoms with Crippen molar-refractivity contribution in [2.24, 2.45) is 17.8 Å². The molecule has 0 atom stereocenters. The van der Waals surface area contributed by atoms with Crippen LogP contribution in [0.3, 0.4) is 0 Å². The van der Waals surface area contributed by atoms with Gasteiger partial charge in [0.15, 0.2) is 0 Å². The maximum Gasteiger partial charge on any atom is 0.0631 e. The van der Waals surface area contributed by atoms with Crippen LogP contribution in [-0.4, -0.2) is 12.7 Å². The Morgan fingerprint density at radius 2 is 1.22 bits per heavy atom. The SMILES string of the molecule is CC(C)COC(C1CCCCC1)C1CCCCC1. The van der Waals surface area contributed by atoms with Crippen LogP contribution in [0.4, 0.5) is 0 Å². The molecule has 18 heavy (non-hydrogen) atoms. The molecule has 0 aromatic rings. The van der Waals surface area contributed by atoms with Crippen molar-refractivity contribution < 1.29 is 4.74 Å². The van der Waals surface area contributed by atoms with Crippen molar-refractivity contribution in [1.29, 1.82) is 0 Å². The van der Waals surface area contributed by atoms with E-state index in [-0.39, 0.29) is 0 Å². The van der Waals surface area contributed by atoms with Crippen LogP contribution in [0.15, 0.2) is 0 Å². The van der Waals surface area contributed by atoms with Gasteiger partial charge in [0.25, 0.3) is 0 Å². The van der Waals surface area contributed by atoms with Crippen LogP contribution in [0.5, 0.6) is 0 Å². The summed E-state index contributed by atoms with van der Waals surface area (Å²) in [4.78, 5) is 0. The van der Waals surface area contributed by atoms with Crippen molar-refractivity contribution in [3.8, 4) is 0 Å². The topological polar surface area (TPSA) is 9.23 Å². The zero-order valence-electron chi connectivity index (χ0n) is 12.5. The number of hydrogen-bond donors (Lipinski definition) is 0. The molecule has 0 heterocycles. The predicted molar refractivity (Wildman–Crippen MR) is 77.7 cm³/mol. The highest BCUT2D eigenvalue weighted by atomic mass is 16.5. The average molecular weight is 252 g/mol. The third kappa shape index (κ3) is 4.26. The molecule has 0 radical (unpaired) electrons. The molecule has 2 fully saturated rings. The monoisotopic (exact) mass is 252 g/mol. The molecule has 0 saturated heterocycles. The molecule has 0 bridgehead atoms. The van der Waals surface area contributed by atoms with E-state index in [1.54, 1.807) is 0 Å². The minimum atomic E-state index is 0.591. The molecular formula is C17H32O. The molecule has 0 unspecified atom stereocenters. The second kappa shape index (κ2) is 7.53. The van der Waals surface area contributed by atoms with Crippen LogP contribution in [0.1, 0.15) is 78.1 Å². The van der Waals surface area contributed by atoms with Crippen molar-refractivity contribution in [3.63, 3.8) is 0 Å². The summed E-state index contributed by atoms with van der Waals surface area (Å²) in [7, 11) is 0. The molecule has 0 N–H and O–H groups in total. The molecule has 2 aliphatic rings. The number of rotatable bonds is 5. The second-order valence-corrected chi connectivity index (χ2v) is 6.99. The minimum absolute atomic E-state index is 0.591. The summed E-state index contributed by atoms with van der Waals surface area (Å²) in [6.45, 7) is 5.52. The van der Waals surface area contributed by atoms with Crippen LogP contribution < -0.4 is 0 Å². The van der Waals surface area contributed by atoms with E-state index in [1.807, 2.05) is 0 Å². The van der Waals surface area contributed by atoms with E-state index in [1.165, 1.54) is 64.2 Å². The van der Waals surface area contributed by atoms with E-state index >= 15 is 0 Å². The Bertz CT molecular complexity index is 194. The first-order valence-electron chi connectivity index (χ1n) is 8.39. The van der Waals surface area contributed by atoms with Crippen molar-refractivity contribution in [2.45, 2.75) is 84.2 Å². The Kier molecular flexibility index (Phi) is 6.01. The highest BCUT2D eigenvalue weighted by Crippen LogP contribution is 2.37. The van der Waals surface area contributed by atoms with Gasteiger partial charge in [-0.2, -0.15) is 0 Å². The van der Waals surface area contributed by atoms with Gasteiger partial charge in [-0.1, -0.05) is 52.4 Å². The number of hydrogen-bond acceptors (Lipinski definition) is 1. The molecule has 0 aromatic carbocycles. The van der Waals surface area contributed by atoms with Crippen LogP contribution in [0.2, 0.25) is 0 Å². The molecule has 106 valence electrons. The van der Waals surface area contributed by atoms with E-state index in [9.17, 15) is 0 Å².